The van der Waals surface area contributed by atoms with Crippen molar-refractivity contribution in [3.8, 4) is 44.5 Å². The van der Waals surface area contributed by atoms with Crippen LogP contribution in [0.2, 0.25) is 0 Å². The monoisotopic (exact) mass is 1400 g/mol. The Morgan fingerprint density at radius 2 is 0.486 bits per heavy atom. The van der Waals surface area contributed by atoms with Crippen molar-refractivity contribution in [3.05, 3.63) is 302 Å². The third-order valence-corrected chi connectivity index (χ3v) is 30.1. The number of hydrogen-bond acceptors (Lipinski definition) is 3. The molecule has 17 aromatic rings. The highest BCUT2D eigenvalue weighted by molar-refractivity contribution is 6.34. The highest BCUT2D eigenvalue weighted by Gasteiger charge is 2.61. The molecule has 0 amide bonds. The third kappa shape index (κ3) is 8.39. The Kier molecular flexibility index (Phi) is 13.3. The zero-order chi connectivity index (χ0) is 72.7. The van der Waals surface area contributed by atoms with Crippen molar-refractivity contribution in [3.63, 3.8) is 0 Å². The van der Waals surface area contributed by atoms with Crippen LogP contribution in [0.5, 0.6) is 0 Å². The SMILES string of the molecule is CC12CCCCC1(C)N(c1ccccc1)c1c2ccc2cc3c(-c4cc(-c5ccccc5)c5ccc6c(-c7cccc8cc9c%10c(ccc9cc78)C7(C)CCCCC7(C)N%10c7ccccc7)cc(-c7cccc8cc9c%10c(ccc9cc78)C7(C)CCCCC7(C)N%10c7ccccc7)c7ccc4c5c67)cccc3cc12. The molecule has 0 N–H and O–H groups in total. The van der Waals surface area contributed by atoms with E-state index in [9.17, 15) is 0 Å². The van der Waals surface area contributed by atoms with E-state index in [1.54, 1.807) is 0 Å². The fraction of sp³-hybridized carbons (Fsp3) is 0.226. The molecule has 17 aromatic carbocycles. The summed E-state index contributed by atoms with van der Waals surface area (Å²) in [7, 11) is 0. The molecule has 0 bridgehead atoms. The van der Waals surface area contributed by atoms with Gasteiger partial charge in [0.15, 0.2) is 0 Å². The molecule has 3 aliphatic carbocycles. The van der Waals surface area contributed by atoms with Crippen LogP contribution in [-0.4, -0.2) is 16.6 Å². The van der Waals surface area contributed by atoms with E-state index in [0.717, 1.165) is 19.3 Å². The summed E-state index contributed by atoms with van der Waals surface area (Å²) in [4.78, 5) is 8.31. The van der Waals surface area contributed by atoms with Gasteiger partial charge in [-0.2, -0.15) is 0 Å². The first kappa shape index (κ1) is 63.8. The molecule has 23 rings (SSSR count). The molecule has 3 aliphatic heterocycles. The first-order chi connectivity index (χ1) is 53.3. The fourth-order valence-electron chi connectivity index (χ4n) is 24.1. The zero-order valence-corrected chi connectivity index (χ0v) is 63.5. The number of nitrogens with zero attached hydrogens (tertiary/aromatic N) is 3. The lowest BCUT2D eigenvalue weighted by Crippen LogP contribution is -2.54. The molecule has 528 valence electrons. The molecule has 3 fully saturated rings. The second-order valence-corrected chi connectivity index (χ2v) is 35.0. The van der Waals surface area contributed by atoms with Gasteiger partial charge in [0.05, 0.1) is 33.7 Å². The zero-order valence-electron chi connectivity index (χ0n) is 63.5. The Labute approximate surface area is 639 Å². The van der Waals surface area contributed by atoms with Gasteiger partial charge < -0.3 is 14.7 Å². The van der Waals surface area contributed by atoms with E-state index in [4.69, 9.17) is 0 Å². The molecule has 3 heteroatoms. The van der Waals surface area contributed by atoms with Gasteiger partial charge in [-0.3, -0.25) is 0 Å². The van der Waals surface area contributed by atoms with E-state index < -0.39 is 0 Å². The normalized spacial score (nSPS) is 23.6. The van der Waals surface area contributed by atoms with Gasteiger partial charge in [-0.05, 0) is 286 Å². The van der Waals surface area contributed by atoms with Gasteiger partial charge in [0.1, 0.15) is 0 Å². The number of hydrogen-bond donors (Lipinski definition) is 0. The topological polar surface area (TPSA) is 9.72 Å². The molecule has 6 aliphatic rings. The predicted molar refractivity (Wildman–Crippen MR) is 465 cm³/mol. The van der Waals surface area contributed by atoms with Gasteiger partial charge in [0.25, 0.3) is 0 Å². The van der Waals surface area contributed by atoms with Crippen LogP contribution in [0.1, 0.15) is 135 Å². The van der Waals surface area contributed by atoms with Crippen LogP contribution in [0.4, 0.5) is 34.1 Å². The summed E-state index contributed by atoms with van der Waals surface area (Å²) in [6, 6.07) is 112. The molecule has 0 radical (unpaired) electrons. The smallest absolute Gasteiger partial charge is 0.0535 e. The minimum absolute atomic E-state index is 0.00899. The Morgan fingerprint density at radius 3 is 0.817 bits per heavy atom. The molecule has 0 saturated heterocycles. The van der Waals surface area contributed by atoms with E-state index in [-0.39, 0.29) is 32.9 Å². The Morgan fingerprint density at radius 1 is 0.211 bits per heavy atom. The van der Waals surface area contributed by atoms with E-state index >= 15 is 0 Å². The molecule has 6 unspecified atom stereocenters. The minimum atomic E-state index is -0.0618. The van der Waals surface area contributed by atoms with Crippen molar-refractivity contribution < 1.29 is 0 Å². The van der Waals surface area contributed by atoms with E-state index in [0.29, 0.717) is 0 Å². The Bertz CT molecular complexity index is 6510. The first-order valence-electron chi connectivity index (χ1n) is 40.7. The average Bonchev–Trinajstić information content (AvgIpc) is 1.58. The summed E-state index contributed by atoms with van der Waals surface area (Å²) in [6.45, 7) is 15.4. The third-order valence-electron chi connectivity index (χ3n) is 30.1. The number of benzene rings is 17. The first-order valence-corrected chi connectivity index (χ1v) is 40.7. The minimum Gasteiger partial charge on any atom is -0.334 e. The standard InChI is InChI=1S/C106H89N3/c1-101-52-19-22-55-104(101,4)107(73-33-13-8-14-34-73)98-87-61-67-30-25-39-76(83(67)58-70(87)42-49-93(98)101)90-64-86(66-28-11-7-12-29-66)79-45-46-81-91(77-40-26-31-68-62-88-71(59-84(68)77)43-50-94-99(88)108(74-35-15-9-16-36-74)105(5)56-23-20-53-102(94,105)2)65-92(82-48-47-80(90)96(79)97(81)82)78-41-27-32-69-63-89-72(60-85(69)78)44-51-95-100(89)109(75-37-17-10-18-38-75)106(6)57-24-21-54-103(95,106)3/h7-18,25-51,58-65H,19-24,52-57H2,1-6H3. The molecule has 3 heterocycles. The summed E-state index contributed by atoms with van der Waals surface area (Å²) < 4.78 is 0. The number of anilines is 6. The molecular weight excluding hydrogens is 1320 g/mol. The molecule has 0 aromatic heterocycles. The van der Waals surface area contributed by atoms with Gasteiger partial charge in [-0.25, -0.2) is 0 Å². The van der Waals surface area contributed by atoms with Gasteiger partial charge in [0, 0.05) is 49.5 Å². The fourth-order valence-corrected chi connectivity index (χ4v) is 24.1. The molecule has 3 saturated carbocycles. The second kappa shape index (κ2) is 22.7. The molecule has 6 atom stereocenters. The molecule has 0 spiro atoms. The quantitative estimate of drug-likeness (QED) is 0.116. The summed E-state index contributed by atoms with van der Waals surface area (Å²) in [5, 5.41) is 23.1. The summed E-state index contributed by atoms with van der Waals surface area (Å²) in [5.41, 5.74) is 22.3. The average molecular weight is 1400 g/mol. The Balaban J connectivity index is 0.791. The number of rotatable bonds is 7. The van der Waals surface area contributed by atoms with Gasteiger partial charge >= 0.3 is 0 Å². The van der Waals surface area contributed by atoms with Crippen LogP contribution in [0.15, 0.2) is 285 Å². The number of para-hydroxylation sites is 3. The highest BCUT2D eigenvalue weighted by atomic mass is 15.3. The van der Waals surface area contributed by atoms with Crippen molar-refractivity contribution in [2.45, 2.75) is 151 Å². The summed E-state index contributed by atoms with van der Waals surface area (Å²) in [6.07, 6.45) is 14.5. The highest BCUT2D eigenvalue weighted by Crippen LogP contribution is 2.67. The maximum Gasteiger partial charge on any atom is 0.0535 e. The number of fused-ring (bicyclic) bond motifs is 18. The second-order valence-electron chi connectivity index (χ2n) is 35.0. The molecule has 3 nitrogen and oxygen atoms in total. The maximum atomic E-state index is 2.77. The van der Waals surface area contributed by atoms with Crippen LogP contribution in [-0.2, 0) is 16.2 Å². The van der Waals surface area contributed by atoms with Crippen LogP contribution < -0.4 is 14.7 Å². The largest absolute Gasteiger partial charge is 0.334 e. The van der Waals surface area contributed by atoms with Crippen molar-refractivity contribution in [2.75, 3.05) is 14.7 Å². The maximum absolute atomic E-state index is 2.77. The van der Waals surface area contributed by atoms with Crippen molar-refractivity contribution in [1.82, 2.24) is 0 Å². The predicted octanol–water partition coefficient (Wildman–Crippen LogP) is 29.4. The van der Waals surface area contributed by atoms with Crippen molar-refractivity contribution in [1.29, 1.82) is 0 Å². The molecule has 109 heavy (non-hydrogen) atoms. The molecular formula is C106H89N3. The Hall–Kier alpha value is -11.3. The van der Waals surface area contributed by atoms with Crippen LogP contribution in [0.25, 0.3) is 141 Å². The van der Waals surface area contributed by atoms with Crippen LogP contribution in [0.3, 0.4) is 0 Å². The van der Waals surface area contributed by atoms with Gasteiger partial charge in [0.2, 0.25) is 0 Å². The van der Waals surface area contributed by atoms with Crippen LogP contribution in [0, 0.1) is 0 Å². The lowest BCUT2D eigenvalue weighted by Gasteiger charge is -2.50. The lowest BCUT2D eigenvalue weighted by molar-refractivity contribution is 0.195. The van der Waals surface area contributed by atoms with E-state index in [2.05, 4.69) is 341 Å². The van der Waals surface area contributed by atoms with Crippen molar-refractivity contribution >= 4 is 131 Å². The van der Waals surface area contributed by atoms with E-state index in [1.165, 1.54) is 250 Å². The summed E-state index contributed by atoms with van der Waals surface area (Å²) in [5.74, 6) is 0. The van der Waals surface area contributed by atoms with E-state index in [1.807, 2.05) is 0 Å². The van der Waals surface area contributed by atoms with Gasteiger partial charge in [-0.1, -0.05) is 259 Å². The van der Waals surface area contributed by atoms with Crippen molar-refractivity contribution in [2.24, 2.45) is 0 Å². The summed E-state index contributed by atoms with van der Waals surface area (Å²) >= 11 is 0. The van der Waals surface area contributed by atoms with Crippen LogP contribution >= 0.6 is 0 Å². The lowest BCUT2D eigenvalue weighted by atomic mass is 9.61. The van der Waals surface area contributed by atoms with Gasteiger partial charge in [-0.15, -0.1) is 0 Å².